The fraction of sp³-hybridized carbons (Fsp3) is 0.214. The number of nitrogens with zero attached hydrogens (tertiary/aromatic N) is 1. The summed E-state index contributed by atoms with van der Waals surface area (Å²) in [4.78, 5) is 4.27. The lowest BCUT2D eigenvalue weighted by Gasteiger charge is -2.11. The van der Waals surface area contributed by atoms with Crippen LogP contribution in [0.3, 0.4) is 0 Å². The molecule has 1 aromatic carbocycles. The normalized spacial score (nSPS) is 10.1. The number of aryl methyl sites for hydroxylation is 1. The molecular weight excluding hydrogens is 242 g/mol. The van der Waals surface area contributed by atoms with E-state index in [4.69, 9.17) is 15.2 Å². The van der Waals surface area contributed by atoms with Crippen LogP contribution in [0.25, 0.3) is 0 Å². The van der Waals surface area contributed by atoms with Crippen LogP contribution in [0, 0.1) is 6.92 Å². The lowest BCUT2D eigenvalue weighted by molar-refractivity contribution is 0.355. The van der Waals surface area contributed by atoms with Gasteiger partial charge in [0.25, 0.3) is 0 Å². The highest BCUT2D eigenvalue weighted by molar-refractivity contribution is 5.64. The number of nitrogen functional groups attached to an aromatic ring is 1. The van der Waals surface area contributed by atoms with E-state index in [0.29, 0.717) is 23.0 Å². The summed E-state index contributed by atoms with van der Waals surface area (Å²) < 4.78 is 10.4. The predicted molar refractivity (Wildman–Crippen MR) is 76.2 cm³/mol. The molecule has 2 rings (SSSR count). The predicted octanol–water partition coefficient (Wildman–Crippen LogP) is 2.73. The van der Waals surface area contributed by atoms with Gasteiger partial charge in [-0.05, 0) is 24.6 Å². The molecule has 19 heavy (non-hydrogen) atoms. The standard InChI is InChI=1S/C14H17N3O2/c1-9-8-16-14(7-11(9)15)17-10-4-5-12(18-2)13(6-10)19-3/h4-8H,1-3H3,(H3,15,16,17). The summed E-state index contributed by atoms with van der Waals surface area (Å²) in [6.07, 6.45) is 1.73. The maximum Gasteiger partial charge on any atom is 0.162 e. The van der Waals surface area contributed by atoms with Crippen molar-refractivity contribution in [3.05, 3.63) is 36.0 Å². The first-order chi connectivity index (χ1) is 9.13. The fourth-order valence-corrected chi connectivity index (χ4v) is 1.67. The quantitative estimate of drug-likeness (QED) is 0.883. The minimum absolute atomic E-state index is 0.660. The second-order valence-electron chi connectivity index (χ2n) is 4.12. The van der Waals surface area contributed by atoms with Crippen LogP contribution < -0.4 is 20.5 Å². The summed E-state index contributed by atoms with van der Waals surface area (Å²) in [5.74, 6) is 2.03. The van der Waals surface area contributed by atoms with E-state index >= 15 is 0 Å². The molecule has 1 heterocycles. The number of anilines is 3. The van der Waals surface area contributed by atoms with Gasteiger partial charge < -0.3 is 20.5 Å². The smallest absolute Gasteiger partial charge is 0.162 e. The molecule has 5 heteroatoms. The number of rotatable bonds is 4. The lowest BCUT2D eigenvalue weighted by Crippen LogP contribution is -1.98. The summed E-state index contributed by atoms with van der Waals surface area (Å²) in [7, 11) is 3.21. The Morgan fingerprint density at radius 3 is 2.47 bits per heavy atom. The Kier molecular flexibility index (Phi) is 3.75. The number of methoxy groups -OCH3 is 2. The Morgan fingerprint density at radius 1 is 1.11 bits per heavy atom. The lowest BCUT2D eigenvalue weighted by atomic mass is 10.2. The van der Waals surface area contributed by atoms with Crippen molar-refractivity contribution in [2.24, 2.45) is 0 Å². The van der Waals surface area contributed by atoms with Crippen LogP contribution in [0.2, 0.25) is 0 Å². The van der Waals surface area contributed by atoms with Gasteiger partial charge in [0, 0.05) is 29.7 Å². The molecule has 0 amide bonds. The minimum atomic E-state index is 0.660. The Bertz CT molecular complexity index is 585. The van der Waals surface area contributed by atoms with E-state index < -0.39 is 0 Å². The molecule has 0 aliphatic rings. The molecular formula is C14H17N3O2. The van der Waals surface area contributed by atoms with E-state index in [1.165, 1.54) is 0 Å². The molecule has 3 N–H and O–H groups in total. The number of aromatic nitrogens is 1. The molecule has 0 spiro atoms. The molecule has 5 nitrogen and oxygen atoms in total. The summed E-state index contributed by atoms with van der Waals surface area (Å²) in [5.41, 5.74) is 8.37. The number of hydrogen-bond donors (Lipinski definition) is 2. The average molecular weight is 259 g/mol. The topological polar surface area (TPSA) is 69.4 Å². The monoisotopic (exact) mass is 259 g/mol. The van der Waals surface area contributed by atoms with Gasteiger partial charge in [0.2, 0.25) is 0 Å². The van der Waals surface area contributed by atoms with Gasteiger partial charge in [-0.1, -0.05) is 0 Å². The Morgan fingerprint density at radius 2 is 1.84 bits per heavy atom. The highest BCUT2D eigenvalue weighted by atomic mass is 16.5. The maximum absolute atomic E-state index is 5.85. The number of nitrogens with one attached hydrogen (secondary N) is 1. The molecule has 2 aromatic rings. The van der Waals surface area contributed by atoms with Crippen LogP contribution >= 0.6 is 0 Å². The van der Waals surface area contributed by atoms with E-state index in [2.05, 4.69) is 10.3 Å². The third-order valence-corrected chi connectivity index (χ3v) is 2.80. The second kappa shape index (κ2) is 5.48. The SMILES string of the molecule is COc1ccc(Nc2cc(N)c(C)cn2)cc1OC. The van der Waals surface area contributed by atoms with Crippen molar-refractivity contribution < 1.29 is 9.47 Å². The maximum atomic E-state index is 5.85. The summed E-state index contributed by atoms with van der Waals surface area (Å²) in [6.45, 7) is 1.92. The van der Waals surface area contributed by atoms with E-state index in [0.717, 1.165) is 11.3 Å². The van der Waals surface area contributed by atoms with E-state index in [-0.39, 0.29) is 0 Å². The molecule has 0 radical (unpaired) electrons. The molecule has 0 saturated heterocycles. The first-order valence-corrected chi connectivity index (χ1v) is 5.85. The number of ether oxygens (including phenoxy) is 2. The van der Waals surface area contributed by atoms with Gasteiger partial charge in [0.05, 0.1) is 14.2 Å². The van der Waals surface area contributed by atoms with Crippen LogP contribution in [0.4, 0.5) is 17.2 Å². The highest BCUT2D eigenvalue weighted by Crippen LogP contribution is 2.31. The van der Waals surface area contributed by atoms with Gasteiger partial charge in [0.15, 0.2) is 11.5 Å². The Balaban J connectivity index is 2.25. The molecule has 0 aliphatic carbocycles. The van der Waals surface area contributed by atoms with Gasteiger partial charge in [-0.25, -0.2) is 4.98 Å². The highest BCUT2D eigenvalue weighted by Gasteiger charge is 2.05. The minimum Gasteiger partial charge on any atom is -0.493 e. The number of hydrogen-bond acceptors (Lipinski definition) is 5. The number of pyridine rings is 1. The van der Waals surface area contributed by atoms with E-state index in [1.807, 2.05) is 25.1 Å². The number of benzene rings is 1. The molecule has 0 saturated carbocycles. The molecule has 0 atom stereocenters. The van der Waals surface area contributed by atoms with Gasteiger partial charge >= 0.3 is 0 Å². The molecule has 100 valence electrons. The van der Waals surface area contributed by atoms with Crippen molar-refractivity contribution in [1.29, 1.82) is 0 Å². The van der Waals surface area contributed by atoms with Crippen molar-refractivity contribution in [3.8, 4) is 11.5 Å². The zero-order chi connectivity index (χ0) is 13.8. The van der Waals surface area contributed by atoms with Gasteiger partial charge in [-0.2, -0.15) is 0 Å². The van der Waals surface area contributed by atoms with Crippen molar-refractivity contribution in [2.45, 2.75) is 6.92 Å². The third kappa shape index (κ3) is 2.88. The molecule has 0 aliphatic heterocycles. The van der Waals surface area contributed by atoms with Crippen LogP contribution in [-0.2, 0) is 0 Å². The molecule has 0 unspecified atom stereocenters. The average Bonchev–Trinajstić information content (AvgIpc) is 2.43. The Hall–Kier alpha value is -2.43. The van der Waals surface area contributed by atoms with Crippen LogP contribution in [-0.4, -0.2) is 19.2 Å². The first kappa shape index (κ1) is 13.0. The fourth-order valence-electron chi connectivity index (χ4n) is 1.67. The summed E-state index contributed by atoms with van der Waals surface area (Å²) in [5, 5.41) is 3.17. The summed E-state index contributed by atoms with van der Waals surface area (Å²) in [6, 6.07) is 7.36. The van der Waals surface area contributed by atoms with Crippen molar-refractivity contribution in [1.82, 2.24) is 4.98 Å². The van der Waals surface area contributed by atoms with Crippen molar-refractivity contribution >= 4 is 17.2 Å². The third-order valence-electron chi connectivity index (χ3n) is 2.80. The van der Waals surface area contributed by atoms with Gasteiger partial charge in [-0.3, -0.25) is 0 Å². The zero-order valence-electron chi connectivity index (χ0n) is 11.2. The van der Waals surface area contributed by atoms with Gasteiger partial charge in [-0.15, -0.1) is 0 Å². The van der Waals surface area contributed by atoms with E-state index in [1.54, 1.807) is 26.5 Å². The van der Waals surface area contributed by atoms with Crippen molar-refractivity contribution in [2.75, 3.05) is 25.3 Å². The van der Waals surface area contributed by atoms with Gasteiger partial charge in [0.1, 0.15) is 5.82 Å². The van der Waals surface area contributed by atoms with Crippen molar-refractivity contribution in [3.63, 3.8) is 0 Å². The first-order valence-electron chi connectivity index (χ1n) is 5.85. The summed E-state index contributed by atoms with van der Waals surface area (Å²) >= 11 is 0. The largest absolute Gasteiger partial charge is 0.493 e. The van der Waals surface area contributed by atoms with Crippen LogP contribution in [0.15, 0.2) is 30.5 Å². The molecule has 1 aromatic heterocycles. The zero-order valence-corrected chi connectivity index (χ0v) is 11.2. The van der Waals surface area contributed by atoms with Crippen LogP contribution in [0.1, 0.15) is 5.56 Å². The Labute approximate surface area is 112 Å². The van der Waals surface area contributed by atoms with Crippen LogP contribution in [0.5, 0.6) is 11.5 Å². The van der Waals surface area contributed by atoms with E-state index in [9.17, 15) is 0 Å². The second-order valence-corrected chi connectivity index (χ2v) is 4.12. The molecule has 0 fully saturated rings. The molecule has 0 bridgehead atoms. The number of nitrogens with two attached hydrogens (primary N) is 1.